The maximum atomic E-state index is 12.2. The van der Waals surface area contributed by atoms with Gasteiger partial charge in [-0.15, -0.1) is 24.0 Å². The van der Waals surface area contributed by atoms with Crippen LogP contribution in [0.25, 0.3) is 0 Å². The molecular weight excluding hydrogens is 477 g/mol. The number of hydrogen-bond donors (Lipinski definition) is 1. The maximum Gasteiger partial charge on any atom is 0.193 e. The molecule has 1 saturated heterocycles. The second kappa shape index (κ2) is 8.14. The van der Waals surface area contributed by atoms with Crippen molar-refractivity contribution in [2.45, 2.75) is 36.9 Å². The van der Waals surface area contributed by atoms with Gasteiger partial charge in [-0.25, -0.2) is 8.42 Å². The zero-order valence-electron chi connectivity index (χ0n) is 16.5. The first kappa shape index (κ1) is 22.3. The second-order valence-corrected chi connectivity index (χ2v) is 10.6. The van der Waals surface area contributed by atoms with Crippen LogP contribution < -0.4 is 10.1 Å². The van der Waals surface area contributed by atoms with Crippen molar-refractivity contribution in [3.05, 3.63) is 29.8 Å². The Balaban J connectivity index is 0.00000261. The lowest BCUT2D eigenvalue weighted by atomic mass is 9.95. The Morgan fingerprint density at radius 2 is 1.96 bits per heavy atom. The van der Waals surface area contributed by atoms with Gasteiger partial charge in [0.2, 0.25) is 0 Å². The number of nitrogens with zero attached hydrogens (tertiary/aromatic N) is 2. The average Bonchev–Trinajstić information content (AvgIpc) is 3.39. The maximum absolute atomic E-state index is 12.2. The Morgan fingerprint density at radius 3 is 2.52 bits per heavy atom. The van der Waals surface area contributed by atoms with Crippen molar-refractivity contribution in [2.75, 3.05) is 39.5 Å². The Morgan fingerprint density at radius 1 is 1.30 bits per heavy atom. The fraction of sp³-hybridized carbons (Fsp3) is 0.632. The molecule has 0 bridgehead atoms. The molecule has 1 heterocycles. The van der Waals surface area contributed by atoms with Crippen molar-refractivity contribution in [2.24, 2.45) is 4.99 Å². The third-order valence-corrected chi connectivity index (χ3v) is 8.20. The van der Waals surface area contributed by atoms with Gasteiger partial charge in [-0.1, -0.05) is 18.2 Å². The number of para-hydroxylation sites is 1. The molecule has 3 rings (SSSR count). The molecule has 1 N–H and O–H groups in total. The van der Waals surface area contributed by atoms with Crippen LogP contribution in [0.3, 0.4) is 0 Å². The SMILES string of the molecule is CN=C(NCC1(c2ccccc2OC)CC1)N1CCS(=O)(=O)C(C)(C)C1.I. The van der Waals surface area contributed by atoms with Gasteiger partial charge >= 0.3 is 0 Å². The fourth-order valence-electron chi connectivity index (χ4n) is 3.68. The first-order valence-electron chi connectivity index (χ1n) is 9.06. The summed E-state index contributed by atoms with van der Waals surface area (Å²) in [5.41, 5.74) is 1.30. The molecule has 1 aromatic carbocycles. The van der Waals surface area contributed by atoms with Crippen LogP contribution in [0, 0.1) is 0 Å². The van der Waals surface area contributed by atoms with Crippen LogP contribution in [-0.2, 0) is 15.3 Å². The van der Waals surface area contributed by atoms with E-state index in [1.165, 1.54) is 5.56 Å². The van der Waals surface area contributed by atoms with Crippen LogP contribution in [0.2, 0.25) is 0 Å². The predicted molar refractivity (Wildman–Crippen MR) is 120 cm³/mol. The quantitative estimate of drug-likeness (QED) is 0.385. The normalized spacial score (nSPS) is 22.5. The van der Waals surface area contributed by atoms with Crippen molar-refractivity contribution in [3.63, 3.8) is 0 Å². The zero-order chi connectivity index (χ0) is 19.0. The number of halogens is 1. The minimum Gasteiger partial charge on any atom is -0.496 e. The highest BCUT2D eigenvalue weighted by Crippen LogP contribution is 2.50. The molecule has 1 aliphatic heterocycles. The third kappa shape index (κ3) is 4.36. The number of guanidine groups is 1. The molecule has 0 atom stereocenters. The number of hydrogen-bond acceptors (Lipinski definition) is 4. The van der Waals surface area contributed by atoms with Crippen molar-refractivity contribution in [1.29, 1.82) is 0 Å². The van der Waals surface area contributed by atoms with Crippen LogP contribution >= 0.6 is 24.0 Å². The van der Waals surface area contributed by atoms with E-state index in [4.69, 9.17) is 4.74 Å². The van der Waals surface area contributed by atoms with Gasteiger partial charge in [0.1, 0.15) is 5.75 Å². The van der Waals surface area contributed by atoms with E-state index in [9.17, 15) is 8.42 Å². The number of ether oxygens (including phenoxy) is 1. The van der Waals surface area contributed by atoms with E-state index in [0.29, 0.717) is 13.1 Å². The molecule has 2 aliphatic rings. The third-order valence-electron chi connectivity index (χ3n) is 5.67. The summed E-state index contributed by atoms with van der Waals surface area (Å²) in [6, 6.07) is 8.17. The lowest BCUT2D eigenvalue weighted by Gasteiger charge is -2.39. The van der Waals surface area contributed by atoms with E-state index >= 15 is 0 Å². The van der Waals surface area contributed by atoms with Crippen LogP contribution in [0.4, 0.5) is 0 Å². The van der Waals surface area contributed by atoms with E-state index in [-0.39, 0.29) is 35.1 Å². The fourth-order valence-corrected chi connectivity index (χ4v) is 5.05. The average molecular weight is 507 g/mol. The highest BCUT2D eigenvalue weighted by Gasteiger charge is 2.47. The number of sulfone groups is 1. The van der Waals surface area contributed by atoms with Crippen LogP contribution in [0.15, 0.2) is 29.3 Å². The van der Waals surface area contributed by atoms with Crippen LogP contribution in [-0.4, -0.2) is 63.6 Å². The van der Waals surface area contributed by atoms with E-state index < -0.39 is 14.6 Å². The Hall–Kier alpha value is -1.03. The molecule has 1 saturated carbocycles. The van der Waals surface area contributed by atoms with E-state index in [0.717, 1.165) is 31.1 Å². The smallest absolute Gasteiger partial charge is 0.193 e. The summed E-state index contributed by atoms with van der Waals surface area (Å²) in [5, 5.41) is 3.48. The van der Waals surface area contributed by atoms with Crippen molar-refractivity contribution >= 4 is 39.8 Å². The Bertz CT molecular complexity index is 804. The van der Waals surface area contributed by atoms with Gasteiger partial charge < -0.3 is 15.0 Å². The van der Waals surface area contributed by atoms with Gasteiger partial charge in [0, 0.05) is 37.7 Å². The standard InChI is InChI=1S/C19H29N3O3S.HI/c1-18(2)14-22(11-12-26(18,23)24)17(20-3)21-13-19(9-10-19)15-7-5-6-8-16(15)25-4;/h5-8H,9-14H2,1-4H3,(H,20,21);1H. The number of benzene rings is 1. The molecule has 27 heavy (non-hydrogen) atoms. The highest BCUT2D eigenvalue weighted by molar-refractivity contribution is 14.0. The first-order valence-corrected chi connectivity index (χ1v) is 10.7. The molecule has 0 unspecified atom stereocenters. The molecule has 0 aromatic heterocycles. The molecule has 0 spiro atoms. The molecular formula is C19H30IN3O3S. The van der Waals surface area contributed by atoms with Crippen molar-refractivity contribution in [3.8, 4) is 5.75 Å². The van der Waals surface area contributed by atoms with Crippen LogP contribution in [0.1, 0.15) is 32.3 Å². The Kier molecular flexibility index (Phi) is 6.72. The zero-order valence-corrected chi connectivity index (χ0v) is 19.6. The number of nitrogens with one attached hydrogen (secondary N) is 1. The van der Waals surface area contributed by atoms with Gasteiger partial charge in [-0.05, 0) is 32.8 Å². The summed E-state index contributed by atoms with van der Waals surface area (Å²) in [7, 11) is 0.397. The van der Waals surface area contributed by atoms with Gasteiger partial charge in [0.25, 0.3) is 0 Å². The number of rotatable bonds is 4. The summed E-state index contributed by atoms with van der Waals surface area (Å²) < 4.78 is 29.3. The van der Waals surface area contributed by atoms with Gasteiger partial charge in [-0.2, -0.15) is 0 Å². The monoisotopic (exact) mass is 507 g/mol. The summed E-state index contributed by atoms with van der Waals surface area (Å²) in [5.74, 6) is 1.86. The molecule has 6 nitrogen and oxygen atoms in total. The Labute approximate surface area is 179 Å². The summed E-state index contributed by atoms with van der Waals surface area (Å²) in [6.45, 7) is 5.28. The van der Waals surface area contributed by atoms with Crippen molar-refractivity contribution < 1.29 is 13.2 Å². The molecule has 0 radical (unpaired) electrons. The summed E-state index contributed by atoms with van der Waals surface area (Å²) in [6.07, 6.45) is 2.22. The minimum absolute atomic E-state index is 0. The largest absolute Gasteiger partial charge is 0.496 e. The second-order valence-electron chi connectivity index (χ2n) is 7.88. The summed E-state index contributed by atoms with van der Waals surface area (Å²) >= 11 is 0. The van der Waals surface area contributed by atoms with Crippen LogP contribution in [0.5, 0.6) is 5.75 Å². The topological polar surface area (TPSA) is 71.0 Å². The molecule has 0 amide bonds. The highest BCUT2D eigenvalue weighted by atomic mass is 127. The molecule has 152 valence electrons. The van der Waals surface area contributed by atoms with Gasteiger partial charge in [0.15, 0.2) is 15.8 Å². The summed E-state index contributed by atoms with van der Waals surface area (Å²) in [4.78, 5) is 6.45. The van der Waals surface area contributed by atoms with Gasteiger partial charge in [-0.3, -0.25) is 4.99 Å². The molecule has 8 heteroatoms. The molecule has 1 aliphatic carbocycles. The number of aliphatic imine (C=N–C) groups is 1. The van der Waals surface area contributed by atoms with E-state index in [1.54, 1.807) is 28.0 Å². The predicted octanol–water partition coefficient (Wildman–Crippen LogP) is 2.43. The van der Waals surface area contributed by atoms with E-state index in [2.05, 4.69) is 21.3 Å². The van der Waals surface area contributed by atoms with Crippen molar-refractivity contribution in [1.82, 2.24) is 10.2 Å². The first-order chi connectivity index (χ1) is 12.2. The molecule has 2 fully saturated rings. The van der Waals surface area contributed by atoms with E-state index in [1.807, 2.05) is 18.2 Å². The van der Waals surface area contributed by atoms with Gasteiger partial charge in [0.05, 0.1) is 17.6 Å². The minimum atomic E-state index is -3.06. The lowest BCUT2D eigenvalue weighted by molar-refractivity contribution is 0.351. The number of methoxy groups -OCH3 is 1. The molecule has 1 aromatic rings. The lowest BCUT2D eigenvalue weighted by Crippen LogP contribution is -2.57.